The second kappa shape index (κ2) is 12.8. The molecule has 1 heterocycles. The summed E-state index contributed by atoms with van der Waals surface area (Å²) in [6.45, 7) is 0. The quantitative estimate of drug-likeness (QED) is 0.173. The molecule has 2 heteroatoms. The SMILES string of the molecule is c1ccc(-c2ccc(-c3ccccc3N(c3ccc4c(c3)oc3ccccc34)c3ccccc3-c3cccc(-c4ccccc4)c3)cc2)cc1. The summed E-state index contributed by atoms with van der Waals surface area (Å²) >= 11 is 0. The highest BCUT2D eigenvalue weighted by Crippen LogP contribution is 2.46. The number of hydrogen-bond acceptors (Lipinski definition) is 2. The van der Waals surface area contributed by atoms with E-state index < -0.39 is 0 Å². The van der Waals surface area contributed by atoms with Gasteiger partial charge in [-0.3, -0.25) is 0 Å². The predicted octanol–water partition coefficient (Wildman–Crippen LogP) is 13.7. The van der Waals surface area contributed by atoms with Crippen molar-refractivity contribution in [1.29, 1.82) is 0 Å². The second-order valence-electron chi connectivity index (χ2n) is 12.5. The zero-order chi connectivity index (χ0) is 33.3. The van der Waals surface area contributed by atoms with Crippen LogP contribution in [0.1, 0.15) is 0 Å². The zero-order valence-electron chi connectivity index (χ0n) is 27.4. The standard InChI is InChI=1S/C48H33NO/c1-3-14-34(15-4-1)36-26-28-37(29-27-36)41-20-7-10-23-45(41)49(40-30-31-44-43-22-9-12-25-47(43)50-48(44)33-40)46-24-11-8-21-42(46)39-19-13-18-38(32-39)35-16-5-2-6-17-35/h1-33H. The van der Waals surface area contributed by atoms with Crippen molar-refractivity contribution in [3.05, 3.63) is 200 Å². The number of hydrogen-bond donors (Lipinski definition) is 0. The van der Waals surface area contributed by atoms with Gasteiger partial charge in [0.1, 0.15) is 11.2 Å². The molecule has 0 N–H and O–H groups in total. The van der Waals surface area contributed by atoms with Gasteiger partial charge in [0.05, 0.1) is 11.4 Å². The highest BCUT2D eigenvalue weighted by atomic mass is 16.3. The monoisotopic (exact) mass is 639 g/mol. The number of rotatable bonds is 7. The van der Waals surface area contributed by atoms with E-state index >= 15 is 0 Å². The molecule has 9 rings (SSSR count). The van der Waals surface area contributed by atoms with E-state index in [4.69, 9.17) is 4.42 Å². The minimum absolute atomic E-state index is 0.863. The van der Waals surface area contributed by atoms with Crippen LogP contribution in [0.5, 0.6) is 0 Å². The van der Waals surface area contributed by atoms with Gasteiger partial charge in [-0.1, -0.05) is 158 Å². The lowest BCUT2D eigenvalue weighted by Gasteiger charge is -2.30. The lowest BCUT2D eigenvalue weighted by Crippen LogP contribution is -2.12. The largest absolute Gasteiger partial charge is 0.456 e. The third-order valence-corrected chi connectivity index (χ3v) is 9.49. The van der Waals surface area contributed by atoms with Gasteiger partial charge in [0.15, 0.2) is 0 Å². The molecule has 1 aromatic heterocycles. The summed E-state index contributed by atoms with van der Waals surface area (Å²) in [6, 6.07) is 71.1. The molecule has 236 valence electrons. The topological polar surface area (TPSA) is 16.4 Å². The van der Waals surface area contributed by atoms with Crippen LogP contribution in [-0.2, 0) is 0 Å². The average Bonchev–Trinajstić information content (AvgIpc) is 3.57. The van der Waals surface area contributed by atoms with Gasteiger partial charge in [-0.15, -0.1) is 0 Å². The van der Waals surface area contributed by atoms with Crippen LogP contribution in [0.15, 0.2) is 205 Å². The van der Waals surface area contributed by atoms with Crippen molar-refractivity contribution in [3.8, 4) is 44.5 Å². The maximum absolute atomic E-state index is 6.44. The Balaban J connectivity index is 1.24. The minimum atomic E-state index is 0.863. The summed E-state index contributed by atoms with van der Waals surface area (Å²) in [6.07, 6.45) is 0. The molecule has 0 fully saturated rings. The van der Waals surface area contributed by atoms with E-state index in [1.54, 1.807) is 0 Å². The van der Waals surface area contributed by atoms with Gasteiger partial charge in [-0.05, 0) is 69.8 Å². The molecule has 50 heavy (non-hydrogen) atoms. The molecule has 0 aliphatic carbocycles. The Morgan fingerprint density at radius 1 is 0.300 bits per heavy atom. The molecule has 8 aromatic carbocycles. The number of fused-ring (bicyclic) bond motifs is 3. The Morgan fingerprint density at radius 3 is 1.52 bits per heavy atom. The van der Waals surface area contributed by atoms with Crippen LogP contribution in [0.25, 0.3) is 66.4 Å². The molecule has 0 saturated carbocycles. The molecule has 0 unspecified atom stereocenters. The van der Waals surface area contributed by atoms with Crippen molar-refractivity contribution in [1.82, 2.24) is 0 Å². The average molecular weight is 640 g/mol. The molecule has 0 atom stereocenters. The highest BCUT2D eigenvalue weighted by Gasteiger charge is 2.22. The number of nitrogens with zero attached hydrogens (tertiary/aromatic N) is 1. The minimum Gasteiger partial charge on any atom is -0.456 e. The Labute approximate surface area is 292 Å². The maximum atomic E-state index is 6.44. The van der Waals surface area contributed by atoms with Gasteiger partial charge < -0.3 is 9.32 Å². The molecule has 2 nitrogen and oxygen atoms in total. The van der Waals surface area contributed by atoms with Crippen molar-refractivity contribution in [2.75, 3.05) is 4.90 Å². The van der Waals surface area contributed by atoms with E-state index in [0.29, 0.717) is 0 Å². The fraction of sp³-hybridized carbons (Fsp3) is 0. The molecule has 0 spiro atoms. The van der Waals surface area contributed by atoms with E-state index in [1.165, 1.54) is 22.3 Å². The summed E-state index contributed by atoms with van der Waals surface area (Å²) in [5, 5.41) is 2.23. The molecule has 0 aliphatic rings. The predicted molar refractivity (Wildman–Crippen MR) is 210 cm³/mol. The van der Waals surface area contributed by atoms with Crippen molar-refractivity contribution >= 4 is 39.0 Å². The third-order valence-electron chi connectivity index (χ3n) is 9.49. The van der Waals surface area contributed by atoms with E-state index in [1.807, 2.05) is 12.1 Å². The third kappa shape index (κ3) is 5.43. The van der Waals surface area contributed by atoms with Crippen LogP contribution < -0.4 is 4.90 Å². The van der Waals surface area contributed by atoms with Gasteiger partial charge in [0.2, 0.25) is 0 Å². The molecular formula is C48H33NO. The van der Waals surface area contributed by atoms with E-state index in [0.717, 1.165) is 61.3 Å². The van der Waals surface area contributed by atoms with E-state index in [2.05, 4.69) is 193 Å². The number of para-hydroxylation sites is 3. The molecule has 9 aromatic rings. The van der Waals surface area contributed by atoms with Gasteiger partial charge >= 0.3 is 0 Å². The molecule has 0 aliphatic heterocycles. The Hall–Kier alpha value is -6.64. The smallest absolute Gasteiger partial charge is 0.137 e. The molecule has 0 amide bonds. The van der Waals surface area contributed by atoms with Crippen LogP contribution in [0.3, 0.4) is 0 Å². The van der Waals surface area contributed by atoms with Crippen LogP contribution in [0.4, 0.5) is 17.1 Å². The van der Waals surface area contributed by atoms with Crippen LogP contribution in [-0.4, -0.2) is 0 Å². The first-order valence-electron chi connectivity index (χ1n) is 17.0. The lowest BCUT2D eigenvalue weighted by molar-refractivity contribution is 0.669. The first kappa shape index (κ1) is 29.5. The van der Waals surface area contributed by atoms with Gasteiger partial charge in [0, 0.05) is 33.7 Å². The number of benzene rings is 8. The summed E-state index contributed by atoms with van der Waals surface area (Å²) in [5.41, 5.74) is 14.3. The van der Waals surface area contributed by atoms with Gasteiger partial charge in [-0.25, -0.2) is 0 Å². The van der Waals surface area contributed by atoms with Crippen LogP contribution >= 0.6 is 0 Å². The highest BCUT2D eigenvalue weighted by molar-refractivity contribution is 6.06. The molecule has 0 radical (unpaired) electrons. The Bertz CT molecular complexity index is 2580. The van der Waals surface area contributed by atoms with Gasteiger partial charge in [0.25, 0.3) is 0 Å². The maximum Gasteiger partial charge on any atom is 0.137 e. The van der Waals surface area contributed by atoms with Gasteiger partial charge in [-0.2, -0.15) is 0 Å². The zero-order valence-corrected chi connectivity index (χ0v) is 27.4. The van der Waals surface area contributed by atoms with Crippen molar-refractivity contribution in [2.24, 2.45) is 0 Å². The molecular weight excluding hydrogens is 607 g/mol. The fourth-order valence-corrected chi connectivity index (χ4v) is 7.06. The van der Waals surface area contributed by atoms with E-state index in [-0.39, 0.29) is 0 Å². The fourth-order valence-electron chi connectivity index (χ4n) is 7.06. The normalized spacial score (nSPS) is 11.2. The summed E-state index contributed by atoms with van der Waals surface area (Å²) < 4.78 is 6.44. The number of furan rings is 1. The van der Waals surface area contributed by atoms with Crippen molar-refractivity contribution in [3.63, 3.8) is 0 Å². The summed E-state index contributed by atoms with van der Waals surface area (Å²) in [4.78, 5) is 2.39. The first-order valence-corrected chi connectivity index (χ1v) is 17.0. The lowest BCUT2D eigenvalue weighted by atomic mass is 9.95. The first-order chi connectivity index (χ1) is 24.8. The molecule has 0 saturated heterocycles. The number of anilines is 3. The van der Waals surface area contributed by atoms with Crippen LogP contribution in [0.2, 0.25) is 0 Å². The van der Waals surface area contributed by atoms with Crippen molar-refractivity contribution in [2.45, 2.75) is 0 Å². The Morgan fingerprint density at radius 2 is 0.800 bits per heavy atom. The summed E-state index contributed by atoms with van der Waals surface area (Å²) in [5.74, 6) is 0. The second-order valence-corrected chi connectivity index (χ2v) is 12.5. The van der Waals surface area contributed by atoms with E-state index in [9.17, 15) is 0 Å². The van der Waals surface area contributed by atoms with Crippen molar-refractivity contribution < 1.29 is 4.42 Å². The molecule has 0 bridgehead atoms. The summed E-state index contributed by atoms with van der Waals surface area (Å²) in [7, 11) is 0. The van der Waals surface area contributed by atoms with Crippen LogP contribution in [0, 0.1) is 0 Å². The Kier molecular flexibility index (Phi) is 7.53.